The lowest BCUT2D eigenvalue weighted by Gasteiger charge is -2.28. The number of ether oxygens (including phenoxy) is 1. The SMILES string of the molecule is CC(N)C(=O)N1CCOCC1.Cl. The summed E-state index contributed by atoms with van der Waals surface area (Å²) in [5.41, 5.74) is 5.43. The molecular formula is C7H15ClN2O2. The van der Waals surface area contributed by atoms with Crippen LogP contribution in [-0.4, -0.2) is 43.2 Å². The van der Waals surface area contributed by atoms with Crippen molar-refractivity contribution in [2.45, 2.75) is 13.0 Å². The van der Waals surface area contributed by atoms with E-state index < -0.39 is 0 Å². The highest BCUT2D eigenvalue weighted by Crippen LogP contribution is 1.98. The molecule has 1 unspecified atom stereocenters. The van der Waals surface area contributed by atoms with E-state index >= 15 is 0 Å². The van der Waals surface area contributed by atoms with Crippen LogP contribution >= 0.6 is 12.4 Å². The Bertz CT molecular complexity index is 146. The minimum Gasteiger partial charge on any atom is -0.378 e. The second-order valence-corrected chi connectivity index (χ2v) is 2.73. The van der Waals surface area contributed by atoms with Gasteiger partial charge in [0, 0.05) is 13.1 Å². The molecule has 1 amide bonds. The van der Waals surface area contributed by atoms with Crippen LogP contribution in [0.15, 0.2) is 0 Å². The number of carbonyl (C=O) groups excluding carboxylic acids is 1. The highest BCUT2D eigenvalue weighted by Gasteiger charge is 2.19. The van der Waals surface area contributed by atoms with Gasteiger partial charge in [-0.2, -0.15) is 0 Å². The smallest absolute Gasteiger partial charge is 0.239 e. The first kappa shape index (κ1) is 11.7. The molecule has 1 aliphatic rings. The van der Waals surface area contributed by atoms with Crippen LogP contribution in [0.2, 0.25) is 0 Å². The Hall–Kier alpha value is -0.320. The van der Waals surface area contributed by atoms with Gasteiger partial charge in [0.2, 0.25) is 5.91 Å². The molecule has 0 aliphatic carbocycles. The van der Waals surface area contributed by atoms with E-state index in [0.29, 0.717) is 26.3 Å². The molecule has 0 spiro atoms. The number of hydrogen-bond acceptors (Lipinski definition) is 3. The predicted molar refractivity (Wildman–Crippen MR) is 48.3 cm³/mol. The first-order valence-electron chi connectivity index (χ1n) is 3.84. The van der Waals surface area contributed by atoms with Gasteiger partial charge in [-0.1, -0.05) is 0 Å². The van der Waals surface area contributed by atoms with Crippen molar-refractivity contribution in [3.05, 3.63) is 0 Å². The zero-order valence-corrected chi connectivity index (χ0v) is 7.97. The minimum absolute atomic E-state index is 0. The fourth-order valence-corrected chi connectivity index (χ4v) is 1.07. The monoisotopic (exact) mass is 194 g/mol. The Labute approximate surface area is 78.5 Å². The molecule has 2 N–H and O–H groups in total. The number of carbonyl (C=O) groups is 1. The summed E-state index contributed by atoms with van der Waals surface area (Å²) >= 11 is 0. The van der Waals surface area contributed by atoms with Crippen molar-refractivity contribution in [2.75, 3.05) is 26.3 Å². The van der Waals surface area contributed by atoms with Crippen LogP contribution in [0.25, 0.3) is 0 Å². The Balaban J connectivity index is 0.00000121. The van der Waals surface area contributed by atoms with Crippen LogP contribution in [-0.2, 0) is 9.53 Å². The molecule has 1 fully saturated rings. The van der Waals surface area contributed by atoms with Crippen LogP contribution in [0.5, 0.6) is 0 Å². The van der Waals surface area contributed by atoms with Crippen molar-refractivity contribution < 1.29 is 9.53 Å². The average Bonchev–Trinajstić information content (AvgIpc) is 2.05. The number of nitrogens with two attached hydrogens (primary N) is 1. The van der Waals surface area contributed by atoms with Gasteiger partial charge in [0.1, 0.15) is 0 Å². The molecule has 1 heterocycles. The van der Waals surface area contributed by atoms with E-state index in [4.69, 9.17) is 10.5 Å². The molecule has 4 nitrogen and oxygen atoms in total. The third-order valence-corrected chi connectivity index (χ3v) is 1.71. The lowest BCUT2D eigenvalue weighted by atomic mass is 10.3. The molecule has 0 radical (unpaired) electrons. The quantitative estimate of drug-likeness (QED) is 0.619. The third kappa shape index (κ3) is 2.97. The fraction of sp³-hybridized carbons (Fsp3) is 0.857. The Morgan fingerprint density at radius 3 is 2.42 bits per heavy atom. The third-order valence-electron chi connectivity index (χ3n) is 1.71. The predicted octanol–water partition coefficient (Wildman–Crippen LogP) is -0.386. The molecule has 1 atom stereocenters. The molecule has 0 aromatic carbocycles. The first-order valence-corrected chi connectivity index (χ1v) is 3.84. The maximum absolute atomic E-state index is 11.2. The standard InChI is InChI=1S/C7H14N2O2.ClH/c1-6(8)7(10)9-2-4-11-5-3-9;/h6H,2-5,8H2,1H3;1H. The van der Waals surface area contributed by atoms with Crippen molar-refractivity contribution in [1.29, 1.82) is 0 Å². The van der Waals surface area contributed by atoms with Gasteiger partial charge in [-0.3, -0.25) is 4.79 Å². The van der Waals surface area contributed by atoms with Crippen molar-refractivity contribution in [2.24, 2.45) is 5.73 Å². The molecule has 5 heteroatoms. The normalized spacial score (nSPS) is 19.7. The molecule has 1 rings (SSSR count). The van der Waals surface area contributed by atoms with Crippen LogP contribution < -0.4 is 5.73 Å². The van der Waals surface area contributed by atoms with Crippen molar-refractivity contribution in [1.82, 2.24) is 4.90 Å². The Morgan fingerprint density at radius 2 is 2.00 bits per heavy atom. The molecule has 0 saturated carbocycles. The zero-order valence-electron chi connectivity index (χ0n) is 7.16. The lowest BCUT2D eigenvalue weighted by molar-refractivity contribution is -0.136. The van der Waals surface area contributed by atoms with Crippen LogP contribution in [0.3, 0.4) is 0 Å². The topological polar surface area (TPSA) is 55.6 Å². The molecular weight excluding hydrogens is 180 g/mol. The van der Waals surface area contributed by atoms with E-state index in [1.807, 2.05) is 0 Å². The van der Waals surface area contributed by atoms with E-state index in [9.17, 15) is 4.79 Å². The maximum atomic E-state index is 11.2. The van der Waals surface area contributed by atoms with Crippen molar-refractivity contribution in [3.63, 3.8) is 0 Å². The molecule has 0 bridgehead atoms. The average molecular weight is 195 g/mol. The molecule has 0 aromatic rings. The lowest BCUT2D eigenvalue weighted by Crippen LogP contribution is -2.47. The summed E-state index contributed by atoms with van der Waals surface area (Å²) in [5.74, 6) is 0.0216. The summed E-state index contributed by atoms with van der Waals surface area (Å²) in [7, 11) is 0. The molecule has 12 heavy (non-hydrogen) atoms. The summed E-state index contributed by atoms with van der Waals surface area (Å²) in [6, 6.07) is -0.381. The van der Waals surface area contributed by atoms with Crippen LogP contribution in [0.4, 0.5) is 0 Å². The van der Waals surface area contributed by atoms with Gasteiger partial charge < -0.3 is 15.4 Å². The van der Waals surface area contributed by atoms with Gasteiger partial charge in [-0.25, -0.2) is 0 Å². The Kier molecular flexibility index (Phi) is 5.20. The van der Waals surface area contributed by atoms with E-state index in [2.05, 4.69) is 0 Å². The number of morpholine rings is 1. The van der Waals surface area contributed by atoms with Gasteiger partial charge in [0.15, 0.2) is 0 Å². The zero-order chi connectivity index (χ0) is 8.27. The number of rotatable bonds is 1. The summed E-state index contributed by atoms with van der Waals surface area (Å²) in [4.78, 5) is 13.0. The summed E-state index contributed by atoms with van der Waals surface area (Å²) in [5, 5.41) is 0. The second kappa shape index (κ2) is 5.35. The summed E-state index contributed by atoms with van der Waals surface area (Å²) in [6.07, 6.45) is 0. The van der Waals surface area contributed by atoms with Crippen LogP contribution in [0.1, 0.15) is 6.92 Å². The highest BCUT2D eigenvalue weighted by molar-refractivity contribution is 5.85. The van der Waals surface area contributed by atoms with Crippen LogP contribution in [0, 0.1) is 0 Å². The van der Waals surface area contributed by atoms with Gasteiger partial charge >= 0.3 is 0 Å². The maximum Gasteiger partial charge on any atom is 0.239 e. The fourth-order valence-electron chi connectivity index (χ4n) is 1.07. The number of hydrogen-bond donors (Lipinski definition) is 1. The molecule has 1 aliphatic heterocycles. The minimum atomic E-state index is -0.381. The highest BCUT2D eigenvalue weighted by atomic mass is 35.5. The van der Waals surface area contributed by atoms with Gasteiger partial charge in [0.25, 0.3) is 0 Å². The molecule has 0 aromatic heterocycles. The van der Waals surface area contributed by atoms with Crippen molar-refractivity contribution >= 4 is 18.3 Å². The molecule has 72 valence electrons. The van der Waals surface area contributed by atoms with E-state index in [-0.39, 0.29) is 24.4 Å². The summed E-state index contributed by atoms with van der Waals surface area (Å²) < 4.78 is 5.09. The second-order valence-electron chi connectivity index (χ2n) is 2.73. The van der Waals surface area contributed by atoms with Gasteiger partial charge in [-0.05, 0) is 6.92 Å². The van der Waals surface area contributed by atoms with E-state index in [0.717, 1.165) is 0 Å². The summed E-state index contributed by atoms with van der Waals surface area (Å²) in [6.45, 7) is 4.34. The number of amides is 1. The van der Waals surface area contributed by atoms with E-state index in [1.54, 1.807) is 11.8 Å². The van der Waals surface area contributed by atoms with E-state index in [1.165, 1.54) is 0 Å². The van der Waals surface area contributed by atoms with Crippen molar-refractivity contribution in [3.8, 4) is 0 Å². The largest absolute Gasteiger partial charge is 0.378 e. The Morgan fingerprint density at radius 1 is 1.50 bits per heavy atom. The first-order chi connectivity index (χ1) is 5.22. The van der Waals surface area contributed by atoms with Gasteiger partial charge in [-0.15, -0.1) is 12.4 Å². The number of halogens is 1. The molecule has 1 saturated heterocycles. The number of nitrogens with zero attached hydrogens (tertiary/aromatic N) is 1. The van der Waals surface area contributed by atoms with Gasteiger partial charge in [0.05, 0.1) is 19.3 Å².